The number of fused-ring (bicyclic) bond motifs is 3. The fraction of sp³-hybridized carbons (Fsp3) is 0.632. The van der Waals surface area contributed by atoms with E-state index in [2.05, 4.69) is 27.2 Å². The summed E-state index contributed by atoms with van der Waals surface area (Å²) in [5, 5.41) is 2.97. The Labute approximate surface area is 138 Å². The number of likely N-dealkylation sites (tertiary alicyclic amines) is 1. The molecule has 0 saturated carbocycles. The topological polar surface area (TPSA) is 35.6 Å². The van der Waals surface area contributed by atoms with E-state index in [-0.39, 0.29) is 5.91 Å². The van der Waals surface area contributed by atoms with Crippen molar-refractivity contribution in [3.63, 3.8) is 0 Å². The van der Waals surface area contributed by atoms with Gasteiger partial charge in [0.1, 0.15) is 0 Å². The second-order valence-corrected chi connectivity index (χ2v) is 7.51. The van der Waals surface area contributed by atoms with E-state index in [1.54, 1.807) is 6.92 Å². The lowest BCUT2D eigenvalue weighted by Gasteiger charge is -2.33. The molecule has 3 saturated heterocycles. The van der Waals surface area contributed by atoms with Crippen molar-refractivity contribution in [3.8, 4) is 0 Å². The first kappa shape index (κ1) is 15.2. The zero-order chi connectivity index (χ0) is 15.8. The van der Waals surface area contributed by atoms with Gasteiger partial charge >= 0.3 is 0 Å². The first-order chi connectivity index (χ1) is 11.2. The van der Waals surface area contributed by atoms with E-state index in [1.165, 1.54) is 51.0 Å². The number of nitrogens with one attached hydrogen (secondary N) is 1. The van der Waals surface area contributed by atoms with Gasteiger partial charge in [0.05, 0.1) is 0 Å². The molecule has 0 aromatic heterocycles. The Bertz CT molecular complexity index is 588. The van der Waals surface area contributed by atoms with Crippen LogP contribution in [-0.4, -0.2) is 47.9 Å². The molecule has 4 heteroatoms. The molecule has 23 heavy (non-hydrogen) atoms. The number of carbonyl (C=O) groups is 1. The highest BCUT2D eigenvalue weighted by Gasteiger charge is 2.46. The van der Waals surface area contributed by atoms with Crippen molar-refractivity contribution in [2.45, 2.75) is 38.8 Å². The van der Waals surface area contributed by atoms with Gasteiger partial charge in [-0.25, -0.2) is 0 Å². The average Bonchev–Trinajstić information content (AvgIpc) is 3.06. The highest BCUT2D eigenvalue weighted by Crippen LogP contribution is 2.40. The Morgan fingerprint density at radius 2 is 2.09 bits per heavy atom. The molecule has 0 spiro atoms. The summed E-state index contributed by atoms with van der Waals surface area (Å²) in [5.74, 6) is 1.72. The van der Waals surface area contributed by atoms with Gasteiger partial charge in [0.25, 0.3) is 0 Å². The van der Waals surface area contributed by atoms with E-state index in [4.69, 9.17) is 0 Å². The van der Waals surface area contributed by atoms with E-state index in [9.17, 15) is 4.79 Å². The summed E-state index contributed by atoms with van der Waals surface area (Å²) >= 11 is 0. The Morgan fingerprint density at radius 1 is 1.22 bits per heavy atom. The molecule has 1 aromatic rings. The van der Waals surface area contributed by atoms with E-state index >= 15 is 0 Å². The molecule has 3 aliphatic heterocycles. The summed E-state index contributed by atoms with van der Waals surface area (Å²) in [5.41, 5.74) is 2.21. The summed E-state index contributed by atoms with van der Waals surface area (Å²) in [6, 6.07) is 9.06. The number of piperidine rings is 1. The number of amides is 1. The number of para-hydroxylation sites is 1. The van der Waals surface area contributed by atoms with Gasteiger partial charge in [0.15, 0.2) is 0 Å². The molecule has 124 valence electrons. The van der Waals surface area contributed by atoms with E-state index < -0.39 is 0 Å². The van der Waals surface area contributed by atoms with E-state index in [0.717, 1.165) is 30.1 Å². The number of hydrogen-bond donors (Lipinski definition) is 1. The molecule has 1 aromatic carbocycles. The lowest BCUT2D eigenvalue weighted by molar-refractivity contribution is -0.114. The zero-order valence-corrected chi connectivity index (χ0v) is 14.0. The molecule has 3 atom stereocenters. The predicted molar refractivity (Wildman–Crippen MR) is 92.2 cm³/mol. The van der Waals surface area contributed by atoms with Crippen molar-refractivity contribution >= 4 is 11.6 Å². The molecule has 4 rings (SSSR count). The quantitative estimate of drug-likeness (QED) is 0.931. The van der Waals surface area contributed by atoms with Crippen molar-refractivity contribution in [1.82, 2.24) is 9.80 Å². The lowest BCUT2D eigenvalue weighted by Crippen LogP contribution is -2.39. The van der Waals surface area contributed by atoms with Crippen LogP contribution in [0, 0.1) is 11.8 Å². The van der Waals surface area contributed by atoms with Crippen LogP contribution in [0.1, 0.15) is 31.7 Å². The molecule has 1 amide bonds. The van der Waals surface area contributed by atoms with E-state index in [0.29, 0.717) is 0 Å². The summed E-state index contributed by atoms with van der Waals surface area (Å²) in [6.45, 7) is 7.60. The van der Waals surface area contributed by atoms with Gasteiger partial charge < -0.3 is 5.32 Å². The lowest BCUT2D eigenvalue weighted by atomic mass is 9.90. The largest absolute Gasteiger partial charge is 0.326 e. The van der Waals surface area contributed by atoms with Crippen LogP contribution in [0.2, 0.25) is 0 Å². The second-order valence-electron chi connectivity index (χ2n) is 7.51. The standard InChI is InChI=1S/C19H27N3O/c1-14(23)20-18-7-3-2-6-15(18)10-21-11-16-12-22-9-5-4-8-19(22)17(16)13-21/h2-3,6-7,16-17,19H,4-5,8-13H2,1H3,(H,20,23)/t16-,17-,19+/m1/s1. The van der Waals surface area contributed by atoms with E-state index in [1.807, 2.05) is 12.1 Å². The third-order valence-electron chi connectivity index (χ3n) is 5.92. The molecule has 0 unspecified atom stereocenters. The fourth-order valence-corrected chi connectivity index (χ4v) is 4.99. The molecular formula is C19H27N3O. The van der Waals surface area contributed by atoms with Crippen molar-refractivity contribution in [2.24, 2.45) is 11.8 Å². The number of nitrogens with zero attached hydrogens (tertiary/aromatic N) is 2. The van der Waals surface area contributed by atoms with Crippen molar-refractivity contribution < 1.29 is 4.79 Å². The highest BCUT2D eigenvalue weighted by atomic mass is 16.1. The van der Waals surface area contributed by atoms with Crippen LogP contribution in [0.5, 0.6) is 0 Å². The molecule has 3 fully saturated rings. The molecule has 0 radical (unpaired) electrons. The van der Waals surface area contributed by atoms with Crippen LogP contribution >= 0.6 is 0 Å². The van der Waals surface area contributed by atoms with Crippen molar-refractivity contribution in [1.29, 1.82) is 0 Å². The molecular weight excluding hydrogens is 286 g/mol. The van der Waals surface area contributed by atoms with Gasteiger partial charge in [-0.15, -0.1) is 0 Å². The number of carbonyl (C=O) groups excluding carboxylic acids is 1. The average molecular weight is 313 g/mol. The fourth-order valence-electron chi connectivity index (χ4n) is 4.99. The minimum atomic E-state index is 0.00795. The highest BCUT2D eigenvalue weighted by molar-refractivity contribution is 5.89. The Balaban J connectivity index is 1.43. The molecule has 0 aliphatic carbocycles. The molecule has 4 nitrogen and oxygen atoms in total. The maximum Gasteiger partial charge on any atom is 0.221 e. The molecule has 0 bridgehead atoms. The third kappa shape index (κ3) is 3.02. The van der Waals surface area contributed by atoms with Crippen LogP contribution in [0.3, 0.4) is 0 Å². The molecule has 3 heterocycles. The van der Waals surface area contributed by atoms with Gasteiger partial charge in [-0.3, -0.25) is 14.6 Å². The summed E-state index contributed by atoms with van der Waals surface area (Å²) in [7, 11) is 0. The van der Waals surface area contributed by atoms with Gasteiger partial charge in [-0.1, -0.05) is 24.6 Å². The van der Waals surface area contributed by atoms with Crippen LogP contribution < -0.4 is 5.32 Å². The molecule has 3 aliphatic rings. The smallest absolute Gasteiger partial charge is 0.221 e. The summed E-state index contributed by atoms with van der Waals surface area (Å²) in [4.78, 5) is 16.7. The van der Waals surface area contributed by atoms with Crippen LogP contribution in [0.25, 0.3) is 0 Å². The number of hydrogen-bond acceptors (Lipinski definition) is 3. The summed E-state index contributed by atoms with van der Waals surface area (Å²) < 4.78 is 0. The third-order valence-corrected chi connectivity index (χ3v) is 5.92. The second kappa shape index (κ2) is 6.25. The maximum atomic E-state index is 11.4. The van der Waals surface area contributed by atoms with Crippen molar-refractivity contribution in [3.05, 3.63) is 29.8 Å². The van der Waals surface area contributed by atoms with Gasteiger partial charge in [0, 0.05) is 44.8 Å². The Kier molecular flexibility index (Phi) is 4.12. The number of benzene rings is 1. The minimum absolute atomic E-state index is 0.00795. The van der Waals surface area contributed by atoms with Crippen LogP contribution in [0.4, 0.5) is 5.69 Å². The van der Waals surface area contributed by atoms with Crippen LogP contribution in [0.15, 0.2) is 24.3 Å². The van der Waals surface area contributed by atoms with Crippen molar-refractivity contribution in [2.75, 3.05) is 31.5 Å². The Hall–Kier alpha value is -1.39. The maximum absolute atomic E-state index is 11.4. The number of anilines is 1. The Morgan fingerprint density at radius 3 is 2.96 bits per heavy atom. The van der Waals surface area contributed by atoms with Crippen LogP contribution in [-0.2, 0) is 11.3 Å². The summed E-state index contributed by atoms with van der Waals surface area (Å²) in [6.07, 6.45) is 4.21. The molecule has 1 N–H and O–H groups in total. The van der Waals surface area contributed by atoms with Gasteiger partial charge in [-0.2, -0.15) is 0 Å². The normalized spacial score (nSPS) is 30.9. The first-order valence-corrected chi connectivity index (χ1v) is 9.02. The zero-order valence-electron chi connectivity index (χ0n) is 14.0. The van der Waals surface area contributed by atoms with Gasteiger partial charge in [-0.05, 0) is 42.9 Å². The SMILES string of the molecule is CC(=O)Nc1ccccc1CN1C[C@@H]2CN3CCCC[C@H]3[C@@H]2C1. The monoisotopic (exact) mass is 313 g/mol. The first-order valence-electron chi connectivity index (χ1n) is 9.02. The number of rotatable bonds is 3. The van der Waals surface area contributed by atoms with Gasteiger partial charge in [0.2, 0.25) is 5.91 Å². The minimum Gasteiger partial charge on any atom is -0.326 e. The predicted octanol–water partition coefficient (Wildman–Crippen LogP) is 2.56.